The molecular formula is C27H39NO2. The maximum absolute atomic E-state index is 12.5. The summed E-state index contributed by atoms with van der Waals surface area (Å²) in [6.45, 7) is 9.95. The molecule has 0 saturated carbocycles. The van der Waals surface area contributed by atoms with Crippen LogP contribution in [-0.2, 0) is 16.1 Å². The fraction of sp³-hybridized carbons (Fsp3) is 0.519. The molecule has 0 N–H and O–H groups in total. The number of nitrogens with zero attached hydrogens (tertiary/aromatic N) is 1. The molecule has 0 heterocycles. The van der Waals surface area contributed by atoms with Gasteiger partial charge >= 0.3 is 5.97 Å². The van der Waals surface area contributed by atoms with Gasteiger partial charge in [-0.3, -0.25) is 9.69 Å². The van der Waals surface area contributed by atoms with Crippen molar-refractivity contribution in [2.45, 2.75) is 78.4 Å². The number of ether oxygens (including phenoxy) is 1. The molecule has 0 spiro atoms. The van der Waals surface area contributed by atoms with Gasteiger partial charge in [0.1, 0.15) is 0 Å². The smallest absolute Gasteiger partial charge is 0.307 e. The van der Waals surface area contributed by atoms with Gasteiger partial charge in [-0.2, -0.15) is 0 Å². The highest BCUT2D eigenvalue weighted by atomic mass is 16.5. The second kappa shape index (κ2) is 13.2. The highest BCUT2D eigenvalue weighted by Crippen LogP contribution is 2.30. The van der Waals surface area contributed by atoms with Crippen LogP contribution in [0.2, 0.25) is 0 Å². The Bertz CT molecular complexity index is 716. The zero-order chi connectivity index (χ0) is 21.8. The van der Waals surface area contributed by atoms with Crippen molar-refractivity contribution in [1.82, 2.24) is 4.90 Å². The number of hydrogen-bond donors (Lipinski definition) is 0. The number of carbonyl (C=O) groups is 1. The molecule has 0 fully saturated rings. The van der Waals surface area contributed by atoms with E-state index in [0.29, 0.717) is 18.9 Å². The number of carbonyl (C=O) groups excluding carboxylic acids is 1. The first-order chi connectivity index (χ1) is 14.5. The van der Waals surface area contributed by atoms with Crippen LogP contribution < -0.4 is 0 Å². The second-order valence-corrected chi connectivity index (χ2v) is 8.39. The normalized spacial score (nSPS) is 14.3. The lowest BCUT2D eigenvalue weighted by Crippen LogP contribution is -2.40. The van der Waals surface area contributed by atoms with E-state index in [9.17, 15) is 4.79 Å². The molecular weight excluding hydrogens is 370 g/mol. The Balaban J connectivity index is 2.31. The van der Waals surface area contributed by atoms with Crippen molar-refractivity contribution >= 4 is 5.97 Å². The van der Waals surface area contributed by atoms with E-state index in [4.69, 9.17) is 4.74 Å². The SMILES string of the molecule is CCCCC(C)CC(CC(=O)OCC)N(Cc1ccccc1)C(C)c1ccccc1. The van der Waals surface area contributed by atoms with Gasteiger partial charge < -0.3 is 4.74 Å². The molecule has 0 aliphatic heterocycles. The molecule has 30 heavy (non-hydrogen) atoms. The first-order valence-corrected chi connectivity index (χ1v) is 11.5. The van der Waals surface area contributed by atoms with Crippen LogP contribution in [0.5, 0.6) is 0 Å². The van der Waals surface area contributed by atoms with Gasteiger partial charge in [0.15, 0.2) is 0 Å². The highest BCUT2D eigenvalue weighted by molar-refractivity contribution is 5.70. The zero-order valence-electron chi connectivity index (χ0n) is 19.2. The van der Waals surface area contributed by atoms with Crippen LogP contribution in [0.25, 0.3) is 0 Å². The van der Waals surface area contributed by atoms with Crippen LogP contribution >= 0.6 is 0 Å². The maximum atomic E-state index is 12.5. The van der Waals surface area contributed by atoms with Gasteiger partial charge in [0.25, 0.3) is 0 Å². The maximum Gasteiger partial charge on any atom is 0.307 e. The number of unbranched alkanes of at least 4 members (excludes halogenated alkanes) is 1. The van der Waals surface area contributed by atoms with Crippen LogP contribution in [0.3, 0.4) is 0 Å². The fourth-order valence-corrected chi connectivity index (χ4v) is 4.18. The minimum Gasteiger partial charge on any atom is -0.466 e. The highest BCUT2D eigenvalue weighted by Gasteiger charge is 2.28. The molecule has 0 radical (unpaired) electrons. The van der Waals surface area contributed by atoms with Gasteiger partial charge in [0.05, 0.1) is 13.0 Å². The lowest BCUT2D eigenvalue weighted by molar-refractivity contribution is -0.145. The van der Waals surface area contributed by atoms with Crippen LogP contribution in [0.1, 0.15) is 77.0 Å². The summed E-state index contributed by atoms with van der Waals surface area (Å²) in [4.78, 5) is 15.0. The Labute approximate surface area is 183 Å². The van der Waals surface area contributed by atoms with E-state index in [-0.39, 0.29) is 18.1 Å². The van der Waals surface area contributed by atoms with E-state index in [0.717, 1.165) is 13.0 Å². The Morgan fingerprint density at radius 3 is 2.20 bits per heavy atom. The van der Waals surface area contributed by atoms with E-state index in [1.54, 1.807) is 0 Å². The van der Waals surface area contributed by atoms with E-state index in [1.165, 1.54) is 30.4 Å². The van der Waals surface area contributed by atoms with Gasteiger partial charge in [-0.05, 0) is 37.3 Å². The van der Waals surface area contributed by atoms with Crippen molar-refractivity contribution in [3.8, 4) is 0 Å². The van der Waals surface area contributed by atoms with Crippen molar-refractivity contribution in [2.75, 3.05) is 6.61 Å². The summed E-state index contributed by atoms with van der Waals surface area (Å²) in [6.07, 6.45) is 5.09. The Morgan fingerprint density at radius 1 is 0.967 bits per heavy atom. The molecule has 164 valence electrons. The van der Waals surface area contributed by atoms with E-state index < -0.39 is 0 Å². The third-order valence-corrected chi connectivity index (χ3v) is 5.89. The second-order valence-electron chi connectivity index (χ2n) is 8.39. The minimum atomic E-state index is -0.0940. The topological polar surface area (TPSA) is 29.5 Å². The summed E-state index contributed by atoms with van der Waals surface area (Å²) in [5.74, 6) is 0.481. The molecule has 2 aromatic carbocycles. The Morgan fingerprint density at radius 2 is 1.60 bits per heavy atom. The first-order valence-electron chi connectivity index (χ1n) is 11.5. The van der Waals surface area contributed by atoms with Crippen molar-refractivity contribution in [3.63, 3.8) is 0 Å². The van der Waals surface area contributed by atoms with Gasteiger partial charge in [-0.25, -0.2) is 0 Å². The van der Waals surface area contributed by atoms with Gasteiger partial charge in [-0.1, -0.05) is 93.8 Å². The van der Waals surface area contributed by atoms with Gasteiger partial charge in [0.2, 0.25) is 0 Å². The monoisotopic (exact) mass is 409 g/mol. The van der Waals surface area contributed by atoms with Gasteiger partial charge in [-0.15, -0.1) is 0 Å². The third-order valence-electron chi connectivity index (χ3n) is 5.89. The summed E-state index contributed by atoms with van der Waals surface area (Å²) in [7, 11) is 0. The number of rotatable bonds is 13. The van der Waals surface area contributed by atoms with E-state index in [1.807, 2.05) is 6.92 Å². The molecule has 0 saturated heterocycles. The van der Waals surface area contributed by atoms with Crippen LogP contribution in [0, 0.1) is 5.92 Å². The fourth-order valence-electron chi connectivity index (χ4n) is 4.18. The first kappa shape index (κ1) is 24.1. The summed E-state index contributed by atoms with van der Waals surface area (Å²) in [5, 5.41) is 0. The number of hydrogen-bond acceptors (Lipinski definition) is 3. The molecule has 0 amide bonds. The van der Waals surface area contributed by atoms with Crippen LogP contribution in [0.4, 0.5) is 0 Å². The molecule has 3 nitrogen and oxygen atoms in total. The van der Waals surface area contributed by atoms with Crippen molar-refractivity contribution in [2.24, 2.45) is 5.92 Å². The Kier molecular flexibility index (Phi) is 10.6. The molecule has 2 rings (SSSR count). The Hall–Kier alpha value is -2.13. The summed E-state index contributed by atoms with van der Waals surface area (Å²) >= 11 is 0. The van der Waals surface area contributed by atoms with Crippen molar-refractivity contribution in [3.05, 3.63) is 71.8 Å². The van der Waals surface area contributed by atoms with Gasteiger partial charge in [0, 0.05) is 18.6 Å². The summed E-state index contributed by atoms with van der Waals surface area (Å²) < 4.78 is 5.36. The standard InChI is InChI=1S/C27H39NO2/c1-5-7-14-22(3)19-26(20-27(29)30-6-2)28(21-24-15-10-8-11-16-24)23(4)25-17-12-9-13-18-25/h8-13,15-18,22-23,26H,5-7,14,19-21H2,1-4H3. The van der Waals surface area contributed by atoms with Crippen LogP contribution in [0.15, 0.2) is 60.7 Å². The lowest BCUT2D eigenvalue weighted by atomic mass is 9.91. The van der Waals surface area contributed by atoms with Crippen molar-refractivity contribution < 1.29 is 9.53 Å². The van der Waals surface area contributed by atoms with E-state index in [2.05, 4.69) is 86.3 Å². The number of benzene rings is 2. The zero-order valence-corrected chi connectivity index (χ0v) is 19.2. The van der Waals surface area contributed by atoms with Crippen molar-refractivity contribution in [1.29, 1.82) is 0 Å². The summed E-state index contributed by atoms with van der Waals surface area (Å²) in [5.41, 5.74) is 2.55. The predicted octanol–water partition coefficient (Wildman–Crippen LogP) is 6.79. The molecule has 0 aromatic heterocycles. The minimum absolute atomic E-state index is 0.0940. The quantitative estimate of drug-likeness (QED) is 0.341. The molecule has 3 unspecified atom stereocenters. The van der Waals surface area contributed by atoms with E-state index >= 15 is 0 Å². The average molecular weight is 410 g/mol. The molecule has 0 bridgehead atoms. The van der Waals surface area contributed by atoms with Crippen LogP contribution in [-0.4, -0.2) is 23.5 Å². The number of esters is 1. The summed E-state index contributed by atoms with van der Waals surface area (Å²) in [6, 6.07) is 21.5. The molecule has 3 heteroatoms. The third kappa shape index (κ3) is 7.95. The molecule has 0 aliphatic rings. The predicted molar refractivity (Wildman–Crippen MR) is 125 cm³/mol. The lowest BCUT2D eigenvalue weighted by Gasteiger charge is -2.38. The largest absolute Gasteiger partial charge is 0.466 e. The average Bonchev–Trinajstić information content (AvgIpc) is 2.76. The molecule has 0 aliphatic carbocycles. The molecule has 2 aromatic rings. The molecule has 3 atom stereocenters.